The van der Waals surface area contributed by atoms with E-state index in [4.69, 9.17) is 0 Å². The second kappa shape index (κ2) is 4.65. The first-order valence-electron chi connectivity index (χ1n) is 4.03. The maximum Gasteiger partial charge on any atom is 0.493 e. The molecular weight excluding hydrogens is 227 g/mol. The summed E-state index contributed by atoms with van der Waals surface area (Å²) in [6.45, 7) is 0. The molecule has 1 rings (SSSR count). The van der Waals surface area contributed by atoms with Crippen molar-refractivity contribution in [3.63, 3.8) is 0 Å². The molecule has 0 radical (unpaired) electrons. The number of hydrogen-bond acceptors (Lipinski definition) is 4. The Balaban J connectivity index is 2.66. The fraction of sp³-hybridized carbons (Fsp3) is 0.111. The van der Waals surface area contributed by atoms with Crippen LogP contribution in [0.1, 0.15) is 0 Å². The van der Waals surface area contributed by atoms with Gasteiger partial charge in [0.15, 0.2) is 0 Å². The molecule has 0 fully saturated rings. The van der Waals surface area contributed by atoms with Crippen LogP contribution in [-0.2, 0) is 14.4 Å². The van der Waals surface area contributed by atoms with E-state index in [0.29, 0.717) is 11.3 Å². The fourth-order valence-corrected chi connectivity index (χ4v) is 0.791. The monoisotopic (exact) mass is 233 g/mol. The molecular formula is C9H6F3NO3. The maximum atomic E-state index is 11.8. The van der Waals surface area contributed by atoms with Gasteiger partial charge in [0.1, 0.15) is 6.29 Å². The zero-order chi connectivity index (χ0) is 12.2. The van der Waals surface area contributed by atoms with Crippen LogP contribution in [0.4, 0.5) is 13.2 Å². The van der Waals surface area contributed by atoms with E-state index < -0.39 is 12.1 Å². The zero-order valence-electron chi connectivity index (χ0n) is 7.77. The lowest BCUT2D eigenvalue weighted by Crippen LogP contribution is -2.30. The van der Waals surface area contributed by atoms with E-state index in [9.17, 15) is 22.8 Å². The van der Waals surface area contributed by atoms with Crippen molar-refractivity contribution in [1.82, 2.24) is 5.06 Å². The summed E-state index contributed by atoms with van der Waals surface area (Å²) < 4.78 is 35.5. The lowest BCUT2D eigenvalue weighted by atomic mass is 10.3. The molecule has 0 amide bonds. The van der Waals surface area contributed by atoms with E-state index in [1.165, 1.54) is 18.2 Å². The van der Waals surface area contributed by atoms with Crippen LogP contribution in [-0.4, -0.2) is 23.5 Å². The first-order valence-corrected chi connectivity index (χ1v) is 4.03. The summed E-state index contributed by atoms with van der Waals surface area (Å²) >= 11 is 0. The number of carbonyl (C=O) groups is 2. The molecule has 0 N–H and O–H groups in total. The summed E-state index contributed by atoms with van der Waals surface area (Å²) in [6.07, 6.45) is 1.36. The van der Waals surface area contributed by atoms with Gasteiger partial charge in [0.2, 0.25) is 0 Å². The third-order valence-electron chi connectivity index (χ3n) is 1.49. The minimum absolute atomic E-state index is 0.238. The molecule has 0 aromatic heterocycles. The highest BCUT2D eigenvalue weighted by molar-refractivity contribution is 5.78. The molecule has 0 aliphatic carbocycles. The van der Waals surface area contributed by atoms with Gasteiger partial charge in [-0.2, -0.15) is 18.2 Å². The van der Waals surface area contributed by atoms with Crippen molar-refractivity contribution < 1.29 is 27.6 Å². The second-order valence-corrected chi connectivity index (χ2v) is 2.68. The van der Waals surface area contributed by atoms with Gasteiger partial charge < -0.3 is 4.84 Å². The van der Waals surface area contributed by atoms with Gasteiger partial charge in [0, 0.05) is 18.0 Å². The summed E-state index contributed by atoms with van der Waals surface area (Å²) in [5.41, 5.74) is 0.238. The quantitative estimate of drug-likeness (QED) is 0.677. The Labute approximate surface area is 88.2 Å². The Morgan fingerprint density at radius 1 is 1.38 bits per heavy atom. The fourth-order valence-electron chi connectivity index (χ4n) is 0.791. The topological polar surface area (TPSA) is 46.6 Å². The van der Waals surface area contributed by atoms with Crippen LogP contribution >= 0.6 is 0 Å². The van der Waals surface area contributed by atoms with Crippen molar-refractivity contribution in [2.45, 2.75) is 6.18 Å². The third kappa shape index (κ3) is 3.26. The van der Waals surface area contributed by atoms with E-state index >= 15 is 0 Å². The normalized spacial score (nSPS) is 15.4. The standard InChI is InChI=1S/C9H6F3NO3/c10-9(11,12)8(15)16-13-4-1-2-7(6-14)3-5-13/h1-6H. The summed E-state index contributed by atoms with van der Waals surface area (Å²) in [5.74, 6) is -2.34. The minimum Gasteiger partial charge on any atom is -0.328 e. The Kier molecular flexibility index (Phi) is 3.49. The van der Waals surface area contributed by atoms with Gasteiger partial charge in [-0.15, -0.1) is 0 Å². The van der Waals surface area contributed by atoms with Crippen LogP contribution in [0.15, 0.2) is 36.2 Å². The number of halogens is 3. The number of hydroxylamine groups is 2. The smallest absolute Gasteiger partial charge is 0.328 e. The van der Waals surface area contributed by atoms with Crippen molar-refractivity contribution in [3.05, 3.63) is 36.2 Å². The average molecular weight is 233 g/mol. The molecule has 1 aliphatic heterocycles. The molecule has 0 atom stereocenters. The van der Waals surface area contributed by atoms with Gasteiger partial charge in [-0.05, 0) is 12.2 Å². The van der Waals surface area contributed by atoms with E-state index in [-0.39, 0.29) is 5.57 Å². The van der Waals surface area contributed by atoms with Crippen molar-refractivity contribution >= 4 is 12.3 Å². The number of alkyl halides is 3. The molecule has 1 aliphatic rings. The first kappa shape index (κ1) is 12.0. The maximum absolute atomic E-state index is 11.8. The molecule has 0 aromatic rings. The van der Waals surface area contributed by atoms with Crippen LogP contribution in [0.25, 0.3) is 0 Å². The van der Waals surface area contributed by atoms with Crippen molar-refractivity contribution in [2.75, 3.05) is 0 Å². The van der Waals surface area contributed by atoms with Gasteiger partial charge in [0.05, 0.1) is 0 Å². The highest BCUT2D eigenvalue weighted by Gasteiger charge is 2.42. The predicted molar refractivity (Wildman–Crippen MR) is 46.4 cm³/mol. The van der Waals surface area contributed by atoms with Gasteiger partial charge >= 0.3 is 12.1 Å². The molecule has 1 heterocycles. The molecule has 7 heteroatoms. The average Bonchev–Trinajstić information content (AvgIpc) is 2.41. The van der Waals surface area contributed by atoms with Crippen molar-refractivity contribution in [2.24, 2.45) is 0 Å². The van der Waals surface area contributed by atoms with E-state index in [2.05, 4.69) is 4.84 Å². The molecule has 0 spiro atoms. The van der Waals surface area contributed by atoms with Crippen molar-refractivity contribution in [3.8, 4) is 0 Å². The van der Waals surface area contributed by atoms with Gasteiger partial charge in [-0.1, -0.05) is 6.08 Å². The van der Waals surface area contributed by atoms with Crippen LogP contribution in [0, 0.1) is 0 Å². The molecule has 0 saturated heterocycles. The number of aldehydes is 1. The number of nitrogens with zero attached hydrogens (tertiary/aromatic N) is 1. The van der Waals surface area contributed by atoms with Gasteiger partial charge in [-0.25, -0.2) is 4.79 Å². The largest absolute Gasteiger partial charge is 0.493 e. The Bertz CT molecular complexity index is 382. The molecule has 4 nitrogen and oxygen atoms in total. The highest BCUT2D eigenvalue weighted by Crippen LogP contribution is 2.18. The Morgan fingerprint density at radius 3 is 2.62 bits per heavy atom. The van der Waals surface area contributed by atoms with Crippen LogP contribution < -0.4 is 0 Å². The Hall–Kier alpha value is -2.05. The lowest BCUT2D eigenvalue weighted by molar-refractivity contribution is -0.222. The Morgan fingerprint density at radius 2 is 2.06 bits per heavy atom. The first-order chi connectivity index (χ1) is 7.43. The number of carbonyl (C=O) groups excluding carboxylic acids is 2. The van der Waals surface area contributed by atoms with Gasteiger partial charge in [0.25, 0.3) is 0 Å². The number of allylic oxidation sites excluding steroid dienone is 4. The number of hydrogen-bond donors (Lipinski definition) is 0. The summed E-state index contributed by atoms with van der Waals surface area (Å²) in [5, 5.41) is 0.558. The van der Waals surface area contributed by atoms with E-state index in [1.807, 2.05) is 0 Å². The molecule has 16 heavy (non-hydrogen) atoms. The lowest BCUT2D eigenvalue weighted by Gasteiger charge is -2.14. The number of rotatable bonds is 2. The molecule has 0 aromatic carbocycles. The second-order valence-electron chi connectivity index (χ2n) is 2.68. The minimum atomic E-state index is -5.06. The van der Waals surface area contributed by atoms with E-state index in [1.54, 1.807) is 0 Å². The van der Waals surface area contributed by atoms with Crippen LogP contribution in [0.2, 0.25) is 0 Å². The van der Waals surface area contributed by atoms with Crippen LogP contribution in [0.3, 0.4) is 0 Å². The van der Waals surface area contributed by atoms with E-state index in [0.717, 1.165) is 12.4 Å². The van der Waals surface area contributed by atoms with Gasteiger partial charge in [-0.3, -0.25) is 4.79 Å². The molecule has 0 unspecified atom stereocenters. The summed E-state index contributed by atoms with van der Waals surface area (Å²) in [4.78, 5) is 24.8. The van der Waals surface area contributed by atoms with Crippen LogP contribution in [0.5, 0.6) is 0 Å². The van der Waals surface area contributed by atoms with Crippen molar-refractivity contribution in [1.29, 1.82) is 0 Å². The third-order valence-corrected chi connectivity index (χ3v) is 1.49. The zero-order valence-corrected chi connectivity index (χ0v) is 7.77. The molecule has 86 valence electrons. The predicted octanol–water partition coefficient (Wildman–Crippen LogP) is 1.48. The summed E-state index contributed by atoms with van der Waals surface area (Å²) in [6, 6.07) is 0. The summed E-state index contributed by atoms with van der Waals surface area (Å²) in [7, 11) is 0. The highest BCUT2D eigenvalue weighted by atomic mass is 19.4. The SMILES string of the molecule is O=CC1=CC=CN(OC(=O)C(F)(F)F)C=C1. The molecule has 0 saturated carbocycles. The molecule has 0 bridgehead atoms.